The number of ether oxygens (including phenoxy) is 1. The molecule has 2 aromatic rings. The fourth-order valence-corrected chi connectivity index (χ4v) is 2.73. The maximum Gasteiger partial charge on any atom is 0.142 e. The summed E-state index contributed by atoms with van der Waals surface area (Å²) < 4.78 is 5.82. The summed E-state index contributed by atoms with van der Waals surface area (Å²) in [5.41, 5.74) is 9.62. The average Bonchev–Trinajstić information content (AvgIpc) is 2.77. The highest BCUT2D eigenvalue weighted by molar-refractivity contribution is 5.69. The highest BCUT2D eigenvalue weighted by Crippen LogP contribution is 2.36. The maximum absolute atomic E-state index is 6.09. The molecule has 2 N–H and O–H groups in total. The molecule has 0 saturated carbocycles. The van der Waals surface area contributed by atoms with Gasteiger partial charge in [0, 0.05) is 18.3 Å². The maximum atomic E-state index is 6.09. The molecule has 0 aromatic heterocycles. The molecule has 1 aliphatic rings. The Bertz CT molecular complexity index is 594. The third kappa shape index (κ3) is 2.88. The normalized spacial score (nSPS) is 15.8. The highest BCUT2D eigenvalue weighted by atomic mass is 16.5. The topological polar surface area (TPSA) is 38.5 Å². The first-order chi connectivity index (χ1) is 10.3. The molecule has 0 bridgehead atoms. The summed E-state index contributed by atoms with van der Waals surface area (Å²) in [6.45, 7) is 3.85. The van der Waals surface area contributed by atoms with Gasteiger partial charge >= 0.3 is 0 Å². The van der Waals surface area contributed by atoms with Gasteiger partial charge in [-0.25, -0.2) is 0 Å². The van der Waals surface area contributed by atoms with Crippen molar-refractivity contribution >= 4 is 11.4 Å². The Kier molecular flexibility index (Phi) is 4.11. The van der Waals surface area contributed by atoms with Gasteiger partial charge in [-0.15, -0.1) is 0 Å². The number of benzene rings is 2. The smallest absolute Gasteiger partial charge is 0.142 e. The molecule has 1 atom stereocenters. The molecule has 3 rings (SSSR count). The van der Waals surface area contributed by atoms with Gasteiger partial charge in [0.05, 0.1) is 12.3 Å². The van der Waals surface area contributed by atoms with Crippen molar-refractivity contribution in [2.24, 2.45) is 5.73 Å². The van der Waals surface area contributed by atoms with Gasteiger partial charge in [0.2, 0.25) is 0 Å². The fraction of sp³-hybridized carbons (Fsp3) is 0.333. The lowest BCUT2D eigenvalue weighted by molar-refractivity contribution is 0.322. The summed E-state index contributed by atoms with van der Waals surface area (Å²) in [6.07, 6.45) is 1.98. The van der Waals surface area contributed by atoms with Crippen LogP contribution in [0.2, 0.25) is 0 Å². The Labute approximate surface area is 126 Å². The van der Waals surface area contributed by atoms with Crippen LogP contribution in [0.4, 0.5) is 11.4 Å². The van der Waals surface area contributed by atoms with Crippen LogP contribution in [0.25, 0.3) is 0 Å². The SMILES string of the molecule is CC[C@H](N)c1ccc(N2CCCOc3ccccc32)cc1. The van der Waals surface area contributed by atoms with E-state index in [4.69, 9.17) is 10.5 Å². The zero-order chi connectivity index (χ0) is 14.7. The van der Waals surface area contributed by atoms with E-state index in [0.717, 1.165) is 37.4 Å². The van der Waals surface area contributed by atoms with Gasteiger partial charge in [0.15, 0.2) is 0 Å². The standard InChI is InChI=1S/C18H22N2O/c1-2-16(19)14-8-10-15(11-9-14)20-12-5-13-21-18-7-4-3-6-17(18)20/h3-4,6-11,16H,2,5,12-13,19H2,1H3/t16-/m0/s1. The van der Waals surface area contributed by atoms with Crippen LogP contribution in [0, 0.1) is 0 Å². The predicted molar refractivity (Wildman–Crippen MR) is 87.2 cm³/mol. The zero-order valence-corrected chi connectivity index (χ0v) is 12.5. The zero-order valence-electron chi connectivity index (χ0n) is 12.5. The Hall–Kier alpha value is -2.00. The van der Waals surface area contributed by atoms with Gasteiger partial charge in [-0.05, 0) is 42.7 Å². The van der Waals surface area contributed by atoms with E-state index < -0.39 is 0 Å². The van der Waals surface area contributed by atoms with Crippen LogP contribution in [-0.4, -0.2) is 13.2 Å². The minimum Gasteiger partial charge on any atom is -0.491 e. The minimum atomic E-state index is 0.124. The minimum absolute atomic E-state index is 0.124. The molecule has 0 spiro atoms. The first-order valence-electron chi connectivity index (χ1n) is 7.64. The number of rotatable bonds is 3. The number of para-hydroxylation sites is 2. The molecule has 0 amide bonds. The molecule has 3 heteroatoms. The molecule has 1 aliphatic heterocycles. The van der Waals surface area contributed by atoms with Gasteiger partial charge in [-0.3, -0.25) is 0 Å². The van der Waals surface area contributed by atoms with E-state index in [1.54, 1.807) is 0 Å². The number of hydrogen-bond donors (Lipinski definition) is 1. The van der Waals surface area contributed by atoms with Crippen LogP contribution in [0.1, 0.15) is 31.4 Å². The van der Waals surface area contributed by atoms with Crippen LogP contribution in [-0.2, 0) is 0 Å². The van der Waals surface area contributed by atoms with Gasteiger partial charge in [-0.2, -0.15) is 0 Å². The average molecular weight is 282 g/mol. The Balaban J connectivity index is 1.93. The number of fused-ring (bicyclic) bond motifs is 1. The Morgan fingerprint density at radius 3 is 2.67 bits per heavy atom. The largest absolute Gasteiger partial charge is 0.491 e. The second kappa shape index (κ2) is 6.19. The summed E-state index contributed by atoms with van der Waals surface area (Å²) in [7, 11) is 0. The molecule has 0 unspecified atom stereocenters. The molecule has 3 nitrogen and oxygen atoms in total. The summed E-state index contributed by atoms with van der Waals surface area (Å²) in [5, 5.41) is 0. The second-order valence-corrected chi connectivity index (χ2v) is 5.43. The van der Waals surface area contributed by atoms with Crippen molar-refractivity contribution in [3.05, 3.63) is 54.1 Å². The van der Waals surface area contributed by atoms with Gasteiger partial charge in [0.25, 0.3) is 0 Å². The Morgan fingerprint density at radius 1 is 1.14 bits per heavy atom. The fourth-order valence-electron chi connectivity index (χ4n) is 2.73. The van der Waals surface area contributed by atoms with E-state index in [9.17, 15) is 0 Å². The van der Waals surface area contributed by atoms with E-state index in [2.05, 4.69) is 48.2 Å². The van der Waals surface area contributed by atoms with E-state index in [0.29, 0.717) is 0 Å². The molecular formula is C18H22N2O. The molecule has 0 saturated heterocycles. The van der Waals surface area contributed by atoms with Crippen LogP contribution in [0.5, 0.6) is 5.75 Å². The number of hydrogen-bond acceptors (Lipinski definition) is 3. The summed E-state index contributed by atoms with van der Waals surface area (Å²) in [4.78, 5) is 2.32. The van der Waals surface area contributed by atoms with Crippen LogP contribution >= 0.6 is 0 Å². The number of nitrogens with zero attached hydrogens (tertiary/aromatic N) is 1. The van der Waals surface area contributed by atoms with Crippen LogP contribution in [0.15, 0.2) is 48.5 Å². The second-order valence-electron chi connectivity index (χ2n) is 5.43. The van der Waals surface area contributed by atoms with Crippen molar-refractivity contribution in [1.29, 1.82) is 0 Å². The molecule has 21 heavy (non-hydrogen) atoms. The van der Waals surface area contributed by atoms with Gasteiger partial charge in [-0.1, -0.05) is 31.2 Å². The summed E-state index contributed by atoms with van der Waals surface area (Å²) in [5.74, 6) is 0.962. The lowest BCUT2D eigenvalue weighted by Gasteiger charge is -2.24. The number of nitrogens with two attached hydrogens (primary N) is 1. The first-order valence-corrected chi connectivity index (χ1v) is 7.64. The summed E-state index contributed by atoms with van der Waals surface area (Å²) in [6, 6.07) is 16.9. The molecule has 0 aliphatic carbocycles. The molecule has 1 heterocycles. The van der Waals surface area contributed by atoms with E-state index in [1.807, 2.05) is 12.1 Å². The van der Waals surface area contributed by atoms with Gasteiger partial charge in [0.1, 0.15) is 5.75 Å². The lowest BCUT2D eigenvalue weighted by atomic mass is 10.0. The predicted octanol–water partition coefficient (Wildman–Crippen LogP) is 4.02. The first kappa shape index (κ1) is 14.0. The van der Waals surface area contributed by atoms with Crippen molar-refractivity contribution < 1.29 is 4.74 Å². The third-order valence-corrected chi connectivity index (χ3v) is 4.01. The van der Waals surface area contributed by atoms with Crippen molar-refractivity contribution in [3.8, 4) is 5.75 Å². The molecule has 2 aromatic carbocycles. The highest BCUT2D eigenvalue weighted by Gasteiger charge is 2.17. The van der Waals surface area contributed by atoms with Gasteiger partial charge < -0.3 is 15.4 Å². The van der Waals surface area contributed by atoms with E-state index in [1.165, 1.54) is 11.3 Å². The van der Waals surface area contributed by atoms with Crippen molar-refractivity contribution in [2.45, 2.75) is 25.8 Å². The lowest BCUT2D eigenvalue weighted by Crippen LogP contribution is -2.17. The third-order valence-electron chi connectivity index (χ3n) is 4.01. The summed E-state index contributed by atoms with van der Waals surface area (Å²) >= 11 is 0. The van der Waals surface area contributed by atoms with Crippen molar-refractivity contribution in [3.63, 3.8) is 0 Å². The van der Waals surface area contributed by atoms with Crippen LogP contribution in [0.3, 0.4) is 0 Å². The molecule has 0 fully saturated rings. The van der Waals surface area contributed by atoms with Crippen molar-refractivity contribution in [2.75, 3.05) is 18.1 Å². The monoisotopic (exact) mass is 282 g/mol. The molecule has 0 radical (unpaired) electrons. The quantitative estimate of drug-likeness (QED) is 0.924. The van der Waals surface area contributed by atoms with E-state index in [-0.39, 0.29) is 6.04 Å². The molecule has 110 valence electrons. The molecular weight excluding hydrogens is 260 g/mol. The van der Waals surface area contributed by atoms with Crippen LogP contribution < -0.4 is 15.4 Å². The van der Waals surface area contributed by atoms with E-state index >= 15 is 0 Å². The van der Waals surface area contributed by atoms with Crippen molar-refractivity contribution in [1.82, 2.24) is 0 Å². The Morgan fingerprint density at radius 2 is 1.90 bits per heavy atom. The number of anilines is 2.